The van der Waals surface area contributed by atoms with Crippen molar-refractivity contribution in [2.24, 2.45) is 0 Å². The Hall–Kier alpha value is -1.45. The van der Waals surface area contributed by atoms with Gasteiger partial charge in [0.15, 0.2) is 0 Å². The van der Waals surface area contributed by atoms with Crippen LogP contribution in [0.3, 0.4) is 0 Å². The van der Waals surface area contributed by atoms with E-state index < -0.39 is 0 Å². The Morgan fingerprint density at radius 1 is 1.37 bits per heavy atom. The van der Waals surface area contributed by atoms with E-state index in [1.807, 2.05) is 32.2 Å². The largest absolute Gasteiger partial charge is 0.313 e. The highest BCUT2D eigenvalue weighted by molar-refractivity contribution is 6.31. The maximum Gasteiger partial charge on any atom is 0.146 e. The summed E-state index contributed by atoms with van der Waals surface area (Å²) in [4.78, 5) is 3.77. The molecule has 2 aromatic rings. The number of halogens is 2. The number of benzene rings is 1. The molecule has 0 saturated heterocycles. The van der Waals surface area contributed by atoms with Gasteiger partial charge in [0.25, 0.3) is 0 Å². The van der Waals surface area contributed by atoms with E-state index in [0.717, 1.165) is 16.1 Å². The molecule has 100 valence electrons. The first-order chi connectivity index (χ1) is 9.11. The number of hydrogen-bond acceptors (Lipinski definition) is 2. The van der Waals surface area contributed by atoms with E-state index in [4.69, 9.17) is 11.6 Å². The molecule has 1 heterocycles. The average molecular weight is 279 g/mol. The van der Waals surface area contributed by atoms with E-state index in [9.17, 15) is 4.39 Å². The van der Waals surface area contributed by atoms with Crippen molar-refractivity contribution in [1.29, 1.82) is 0 Å². The predicted octanol–water partition coefficient (Wildman–Crippen LogP) is 3.69. The van der Waals surface area contributed by atoms with E-state index in [2.05, 4.69) is 10.3 Å². The highest BCUT2D eigenvalue weighted by Crippen LogP contribution is 2.25. The second-order valence-corrected chi connectivity index (χ2v) is 4.94. The third-order valence-electron chi connectivity index (χ3n) is 3.16. The van der Waals surface area contributed by atoms with Gasteiger partial charge in [-0.3, -0.25) is 4.98 Å². The number of likely N-dealkylation sites (N-methyl/N-ethyl adjacent to an activating group) is 1. The molecular weight excluding hydrogens is 263 g/mol. The van der Waals surface area contributed by atoms with Gasteiger partial charge in [-0.1, -0.05) is 23.7 Å². The van der Waals surface area contributed by atoms with Crippen molar-refractivity contribution in [3.63, 3.8) is 0 Å². The summed E-state index contributed by atoms with van der Waals surface area (Å²) in [5, 5.41) is 3.84. The third kappa shape index (κ3) is 3.31. The summed E-state index contributed by atoms with van der Waals surface area (Å²) < 4.78 is 13.8. The monoisotopic (exact) mass is 278 g/mol. The molecule has 0 radical (unpaired) electrons. The fourth-order valence-electron chi connectivity index (χ4n) is 2.07. The van der Waals surface area contributed by atoms with Gasteiger partial charge in [0.2, 0.25) is 0 Å². The molecule has 1 atom stereocenters. The standard InChI is InChI=1S/C15H16ClFN2/c1-10-3-4-11(13(16)7-10)8-15(18-2)12-5-6-19-9-14(12)17/h3-7,9,15,18H,8H2,1-2H3. The molecule has 0 saturated carbocycles. The lowest BCUT2D eigenvalue weighted by atomic mass is 9.99. The van der Waals surface area contributed by atoms with Crippen LogP contribution in [-0.2, 0) is 6.42 Å². The molecule has 1 aromatic carbocycles. The molecule has 4 heteroatoms. The van der Waals surface area contributed by atoms with Crippen LogP contribution in [0.5, 0.6) is 0 Å². The van der Waals surface area contributed by atoms with Gasteiger partial charge in [0.05, 0.1) is 6.20 Å². The highest BCUT2D eigenvalue weighted by atomic mass is 35.5. The summed E-state index contributed by atoms with van der Waals surface area (Å²) in [5.74, 6) is -0.301. The normalized spacial score (nSPS) is 12.4. The first-order valence-electron chi connectivity index (χ1n) is 6.13. The molecule has 1 unspecified atom stereocenters. The van der Waals surface area contributed by atoms with Gasteiger partial charge in [-0.25, -0.2) is 4.39 Å². The smallest absolute Gasteiger partial charge is 0.146 e. The number of aromatic nitrogens is 1. The van der Waals surface area contributed by atoms with Crippen molar-refractivity contribution in [3.8, 4) is 0 Å². The van der Waals surface area contributed by atoms with E-state index >= 15 is 0 Å². The fraction of sp³-hybridized carbons (Fsp3) is 0.267. The van der Waals surface area contributed by atoms with Crippen LogP contribution in [-0.4, -0.2) is 12.0 Å². The second-order valence-electron chi connectivity index (χ2n) is 4.54. The molecule has 0 aliphatic heterocycles. The molecule has 0 fully saturated rings. The Balaban J connectivity index is 2.27. The Bertz CT molecular complexity index is 572. The van der Waals surface area contributed by atoms with Crippen LogP contribution in [0.1, 0.15) is 22.7 Å². The minimum absolute atomic E-state index is 0.122. The van der Waals surface area contributed by atoms with Crippen LogP contribution in [0.25, 0.3) is 0 Å². The zero-order valence-corrected chi connectivity index (χ0v) is 11.7. The summed E-state index contributed by atoms with van der Waals surface area (Å²) in [7, 11) is 1.81. The Morgan fingerprint density at radius 3 is 2.79 bits per heavy atom. The van der Waals surface area contributed by atoms with Crippen LogP contribution in [0.15, 0.2) is 36.7 Å². The summed E-state index contributed by atoms with van der Waals surface area (Å²) in [6, 6.07) is 7.49. The van der Waals surface area contributed by atoms with Crippen molar-refractivity contribution in [3.05, 3.63) is 64.2 Å². The maximum absolute atomic E-state index is 13.8. The number of nitrogens with one attached hydrogen (secondary N) is 1. The molecule has 1 aromatic heterocycles. The highest BCUT2D eigenvalue weighted by Gasteiger charge is 2.15. The van der Waals surface area contributed by atoms with E-state index in [1.54, 1.807) is 12.3 Å². The second kappa shape index (κ2) is 6.13. The van der Waals surface area contributed by atoms with Gasteiger partial charge in [0, 0.05) is 22.8 Å². The topological polar surface area (TPSA) is 24.9 Å². The molecule has 0 bridgehead atoms. The summed E-state index contributed by atoms with van der Waals surface area (Å²) in [5.41, 5.74) is 2.72. The van der Waals surface area contributed by atoms with Crippen LogP contribution < -0.4 is 5.32 Å². The number of aryl methyl sites for hydroxylation is 1. The molecule has 0 aliphatic carbocycles. The first kappa shape index (κ1) is 14.0. The van der Waals surface area contributed by atoms with Gasteiger partial charge in [-0.2, -0.15) is 0 Å². The molecule has 1 N–H and O–H groups in total. The Labute approximate surface area is 117 Å². The molecule has 0 amide bonds. The van der Waals surface area contributed by atoms with Crippen molar-refractivity contribution >= 4 is 11.6 Å². The van der Waals surface area contributed by atoms with Crippen molar-refractivity contribution in [2.45, 2.75) is 19.4 Å². The molecule has 0 spiro atoms. The van der Waals surface area contributed by atoms with Gasteiger partial charge >= 0.3 is 0 Å². The number of nitrogens with zero attached hydrogens (tertiary/aromatic N) is 1. The summed E-state index contributed by atoms with van der Waals surface area (Å²) in [6.07, 6.45) is 3.46. The minimum Gasteiger partial charge on any atom is -0.313 e. The molecule has 19 heavy (non-hydrogen) atoms. The lowest BCUT2D eigenvalue weighted by Crippen LogP contribution is -2.20. The molecule has 0 aliphatic rings. The van der Waals surface area contributed by atoms with Crippen molar-refractivity contribution in [1.82, 2.24) is 10.3 Å². The number of pyridine rings is 1. The van der Waals surface area contributed by atoms with Crippen molar-refractivity contribution in [2.75, 3.05) is 7.05 Å². The van der Waals surface area contributed by atoms with Gasteiger partial charge < -0.3 is 5.32 Å². The minimum atomic E-state index is -0.301. The quantitative estimate of drug-likeness (QED) is 0.923. The fourth-order valence-corrected chi connectivity index (χ4v) is 2.39. The van der Waals surface area contributed by atoms with E-state index in [0.29, 0.717) is 12.0 Å². The van der Waals surface area contributed by atoms with Crippen LogP contribution in [0, 0.1) is 12.7 Å². The van der Waals surface area contributed by atoms with Gasteiger partial charge in [0.1, 0.15) is 5.82 Å². The van der Waals surface area contributed by atoms with Gasteiger partial charge in [-0.15, -0.1) is 0 Å². The Morgan fingerprint density at radius 2 is 2.16 bits per heavy atom. The molecular formula is C15H16ClFN2. The zero-order valence-electron chi connectivity index (χ0n) is 11.0. The SMILES string of the molecule is CNC(Cc1ccc(C)cc1Cl)c1ccncc1F. The number of rotatable bonds is 4. The molecule has 2 nitrogen and oxygen atoms in total. The van der Waals surface area contributed by atoms with Crippen LogP contribution in [0.4, 0.5) is 4.39 Å². The van der Waals surface area contributed by atoms with Crippen LogP contribution >= 0.6 is 11.6 Å². The average Bonchev–Trinajstić information content (AvgIpc) is 2.39. The maximum atomic E-state index is 13.8. The lowest BCUT2D eigenvalue weighted by Gasteiger charge is -2.18. The molecule has 2 rings (SSSR count). The zero-order chi connectivity index (χ0) is 13.8. The van der Waals surface area contributed by atoms with E-state index in [-0.39, 0.29) is 11.9 Å². The predicted molar refractivity (Wildman–Crippen MR) is 75.9 cm³/mol. The summed E-state index contributed by atoms with van der Waals surface area (Å²) in [6.45, 7) is 1.99. The number of hydrogen-bond donors (Lipinski definition) is 1. The first-order valence-corrected chi connectivity index (χ1v) is 6.51. The lowest BCUT2D eigenvalue weighted by molar-refractivity contribution is 0.530. The van der Waals surface area contributed by atoms with Crippen LogP contribution in [0.2, 0.25) is 5.02 Å². The van der Waals surface area contributed by atoms with Gasteiger partial charge in [-0.05, 0) is 43.7 Å². The Kier molecular flexibility index (Phi) is 4.51. The van der Waals surface area contributed by atoms with E-state index in [1.165, 1.54) is 6.20 Å². The summed E-state index contributed by atoms with van der Waals surface area (Å²) >= 11 is 6.22. The van der Waals surface area contributed by atoms with Crippen molar-refractivity contribution < 1.29 is 4.39 Å². The third-order valence-corrected chi connectivity index (χ3v) is 3.51.